The van der Waals surface area contributed by atoms with Gasteiger partial charge in [-0.25, -0.2) is 0 Å². The highest BCUT2D eigenvalue weighted by Crippen LogP contribution is 2.24. The van der Waals surface area contributed by atoms with E-state index in [0.717, 1.165) is 40.8 Å². The Morgan fingerprint density at radius 3 is 2.35 bits per heavy atom. The van der Waals surface area contributed by atoms with E-state index in [1.54, 1.807) is 0 Å². The Morgan fingerprint density at radius 1 is 1.20 bits per heavy atom. The summed E-state index contributed by atoms with van der Waals surface area (Å²) in [5.41, 5.74) is 4.37. The van der Waals surface area contributed by atoms with Crippen LogP contribution in [-0.4, -0.2) is 14.9 Å². The zero-order valence-electron chi connectivity index (χ0n) is 12.2. The van der Waals surface area contributed by atoms with Gasteiger partial charge in [-0.3, -0.25) is 4.68 Å². The summed E-state index contributed by atoms with van der Waals surface area (Å²) in [6.07, 6.45) is 1.27. The molecule has 0 aliphatic rings. The van der Waals surface area contributed by atoms with Crippen molar-refractivity contribution in [1.82, 2.24) is 9.78 Å². The smallest absolute Gasteiger partial charge is 0.0798 e. The third-order valence-electron chi connectivity index (χ3n) is 3.51. The van der Waals surface area contributed by atoms with Crippen molar-refractivity contribution >= 4 is 15.9 Å². The molecule has 0 saturated carbocycles. The Labute approximate surface area is 128 Å². The average molecular weight is 337 g/mol. The second-order valence-electron chi connectivity index (χ2n) is 4.97. The number of halogens is 1. The number of aliphatic hydroxyl groups excluding tert-OH is 1. The molecule has 1 aromatic heterocycles. The maximum Gasteiger partial charge on any atom is 0.0798 e. The number of hydrogen-bond donors (Lipinski definition) is 1. The lowest BCUT2D eigenvalue weighted by molar-refractivity contribution is 0.197. The van der Waals surface area contributed by atoms with Gasteiger partial charge < -0.3 is 5.11 Å². The van der Waals surface area contributed by atoms with Crippen LogP contribution in [0, 0.1) is 0 Å². The van der Waals surface area contributed by atoms with E-state index in [4.69, 9.17) is 0 Å². The Bertz CT molecular complexity index is 573. The van der Waals surface area contributed by atoms with Gasteiger partial charge in [0.05, 0.1) is 18.3 Å². The van der Waals surface area contributed by atoms with E-state index in [-0.39, 0.29) is 0 Å². The van der Waals surface area contributed by atoms with Crippen molar-refractivity contribution in [2.75, 3.05) is 0 Å². The maximum atomic E-state index is 10.0. The minimum Gasteiger partial charge on any atom is -0.389 e. The summed E-state index contributed by atoms with van der Waals surface area (Å²) >= 11 is 3.45. The van der Waals surface area contributed by atoms with E-state index in [2.05, 4.69) is 47.0 Å². The number of aliphatic hydroxyl groups is 1. The quantitative estimate of drug-likeness (QED) is 0.899. The molecule has 0 aliphatic heterocycles. The molecule has 2 aromatic rings. The fourth-order valence-corrected chi connectivity index (χ4v) is 2.84. The second-order valence-corrected chi connectivity index (χ2v) is 5.89. The molecule has 1 heterocycles. The number of benzene rings is 1. The molecular formula is C16H21BrN2O. The molecule has 0 saturated heterocycles. The van der Waals surface area contributed by atoms with Crippen LogP contribution < -0.4 is 0 Å². The first-order chi connectivity index (χ1) is 9.56. The van der Waals surface area contributed by atoms with E-state index in [9.17, 15) is 5.11 Å². The fraction of sp³-hybridized carbons (Fsp3) is 0.438. The normalized spacial score (nSPS) is 12.7. The summed E-state index contributed by atoms with van der Waals surface area (Å²) in [6, 6.07) is 8.28. The van der Waals surface area contributed by atoms with Gasteiger partial charge in [0, 0.05) is 15.7 Å². The molecule has 1 atom stereocenters. The molecule has 0 radical (unpaired) electrons. The van der Waals surface area contributed by atoms with Crippen LogP contribution in [0.3, 0.4) is 0 Å². The lowest BCUT2D eigenvalue weighted by Gasteiger charge is -2.10. The van der Waals surface area contributed by atoms with Gasteiger partial charge in [0.15, 0.2) is 0 Å². The van der Waals surface area contributed by atoms with Crippen LogP contribution in [0.1, 0.15) is 49.4 Å². The van der Waals surface area contributed by atoms with Crippen molar-refractivity contribution in [2.24, 2.45) is 0 Å². The molecule has 3 nitrogen and oxygen atoms in total. The van der Waals surface area contributed by atoms with Gasteiger partial charge >= 0.3 is 0 Å². The minimum absolute atomic E-state index is 0.460. The van der Waals surface area contributed by atoms with E-state index in [1.165, 1.54) is 5.56 Å². The standard InChI is InChI=1S/C16H21BrN2O/c1-4-14-16(11(3)20)15(5-2)19(18-14)10-12-6-8-13(17)9-7-12/h6-9,11,20H,4-5,10H2,1-3H3. The van der Waals surface area contributed by atoms with Crippen LogP contribution in [0.5, 0.6) is 0 Å². The number of rotatable bonds is 5. The second kappa shape index (κ2) is 6.55. The number of hydrogen-bond acceptors (Lipinski definition) is 2. The molecule has 0 spiro atoms. The van der Waals surface area contributed by atoms with Crippen LogP contribution in [0.2, 0.25) is 0 Å². The zero-order valence-corrected chi connectivity index (χ0v) is 13.8. The highest BCUT2D eigenvalue weighted by atomic mass is 79.9. The van der Waals surface area contributed by atoms with E-state index < -0.39 is 6.10 Å². The molecule has 0 bridgehead atoms. The molecule has 20 heavy (non-hydrogen) atoms. The molecule has 1 N–H and O–H groups in total. The van der Waals surface area contributed by atoms with Crippen molar-refractivity contribution in [1.29, 1.82) is 0 Å². The highest BCUT2D eigenvalue weighted by molar-refractivity contribution is 9.10. The summed E-state index contributed by atoms with van der Waals surface area (Å²) in [5.74, 6) is 0. The lowest BCUT2D eigenvalue weighted by Crippen LogP contribution is -2.07. The van der Waals surface area contributed by atoms with E-state index >= 15 is 0 Å². The summed E-state index contributed by atoms with van der Waals surface area (Å²) in [5, 5.41) is 14.7. The van der Waals surface area contributed by atoms with Crippen LogP contribution in [0.15, 0.2) is 28.7 Å². The minimum atomic E-state index is -0.460. The van der Waals surface area contributed by atoms with Gasteiger partial charge in [0.1, 0.15) is 0 Å². The Hall–Kier alpha value is -1.13. The number of nitrogens with zero attached hydrogens (tertiary/aromatic N) is 2. The SMILES string of the molecule is CCc1nn(Cc2ccc(Br)cc2)c(CC)c1C(C)O. The Balaban J connectivity index is 2.38. The van der Waals surface area contributed by atoms with Crippen LogP contribution >= 0.6 is 15.9 Å². The van der Waals surface area contributed by atoms with E-state index in [0.29, 0.717) is 0 Å². The summed E-state index contributed by atoms with van der Waals surface area (Å²) in [7, 11) is 0. The van der Waals surface area contributed by atoms with E-state index in [1.807, 2.05) is 23.7 Å². The molecule has 1 aromatic carbocycles. The van der Waals surface area contributed by atoms with Crippen molar-refractivity contribution in [3.8, 4) is 0 Å². The molecule has 0 amide bonds. The summed E-state index contributed by atoms with van der Waals surface area (Å²) < 4.78 is 3.11. The maximum absolute atomic E-state index is 10.0. The molecule has 108 valence electrons. The molecule has 2 rings (SSSR count). The molecular weight excluding hydrogens is 316 g/mol. The number of aryl methyl sites for hydroxylation is 1. The van der Waals surface area contributed by atoms with Crippen LogP contribution in [0.4, 0.5) is 0 Å². The summed E-state index contributed by atoms with van der Waals surface area (Å²) in [6.45, 7) is 6.76. The highest BCUT2D eigenvalue weighted by Gasteiger charge is 2.19. The van der Waals surface area contributed by atoms with Gasteiger partial charge in [-0.1, -0.05) is 41.9 Å². The summed E-state index contributed by atoms with van der Waals surface area (Å²) in [4.78, 5) is 0. The first-order valence-electron chi connectivity index (χ1n) is 7.07. The number of aromatic nitrogens is 2. The van der Waals surface area contributed by atoms with Crippen molar-refractivity contribution in [2.45, 2.75) is 46.3 Å². The average Bonchev–Trinajstić information content (AvgIpc) is 2.79. The first kappa shape index (κ1) is 15.3. The fourth-order valence-electron chi connectivity index (χ4n) is 2.58. The monoisotopic (exact) mass is 336 g/mol. The van der Waals surface area contributed by atoms with Gasteiger partial charge in [-0.15, -0.1) is 0 Å². The van der Waals surface area contributed by atoms with Gasteiger partial charge in [-0.05, 0) is 37.5 Å². The van der Waals surface area contributed by atoms with Crippen molar-refractivity contribution in [3.05, 3.63) is 51.3 Å². The van der Waals surface area contributed by atoms with Crippen molar-refractivity contribution < 1.29 is 5.11 Å². The predicted octanol–water partition coefficient (Wildman–Crippen LogP) is 3.87. The third-order valence-corrected chi connectivity index (χ3v) is 4.04. The predicted molar refractivity (Wildman–Crippen MR) is 84.9 cm³/mol. The van der Waals surface area contributed by atoms with Crippen LogP contribution in [0.25, 0.3) is 0 Å². The lowest BCUT2D eigenvalue weighted by atomic mass is 10.0. The molecule has 4 heteroatoms. The Morgan fingerprint density at radius 2 is 1.85 bits per heavy atom. The van der Waals surface area contributed by atoms with Gasteiger partial charge in [0.25, 0.3) is 0 Å². The van der Waals surface area contributed by atoms with Gasteiger partial charge in [0.2, 0.25) is 0 Å². The largest absolute Gasteiger partial charge is 0.389 e. The third kappa shape index (κ3) is 3.13. The van der Waals surface area contributed by atoms with Crippen molar-refractivity contribution in [3.63, 3.8) is 0 Å². The molecule has 0 fully saturated rings. The first-order valence-corrected chi connectivity index (χ1v) is 7.87. The molecule has 1 unspecified atom stereocenters. The Kier molecular flexibility index (Phi) is 5.00. The topological polar surface area (TPSA) is 38.0 Å². The zero-order chi connectivity index (χ0) is 14.7. The van der Waals surface area contributed by atoms with Gasteiger partial charge in [-0.2, -0.15) is 5.10 Å². The molecule has 0 aliphatic carbocycles. The van der Waals surface area contributed by atoms with Crippen LogP contribution in [-0.2, 0) is 19.4 Å².